The zero-order valence-corrected chi connectivity index (χ0v) is 12.3. The van der Waals surface area contributed by atoms with Gasteiger partial charge in [0.15, 0.2) is 0 Å². The molecule has 0 bridgehead atoms. The molecule has 0 atom stereocenters. The minimum absolute atomic E-state index is 0. The average molecular weight is 262 g/mol. The predicted octanol–water partition coefficient (Wildman–Crippen LogP) is -0.289. The van der Waals surface area contributed by atoms with Crippen LogP contribution in [0, 0.1) is 0 Å². The molecular weight excluding hydrogens is 255 g/mol. The smallest absolute Gasteiger partial charge is 0.445 e. The maximum absolute atomic E-state index is 12.5. The minimum atomic E-state index is -4.97. The second-order valence-corrected chi connectivity index (χ2v) is 3.56. The second kappa shape index (κ2) is 5.67. The summed E-state index contributed by atoms with van der Waals surface area (Å²) in [5.74, 6) is 0. The average Bonchev–Trinajstić information content (AvgIpc) is 2.26. The van der Waals surface area contributed by atoms with Crippen molar-refractivity contribution in [1.82, 2.24) is 0 Å². The SMILES string of the molecule is O=Cc1ccc2cc([B-](F)(F)F)ccc2c1.[K+]. The number of halogens is 3. The van der Waals surface area contributed by atoms with E-state index in [2.05, 4.69) is 0 Å². The maximum atomic E-state index is 12.5. The van der Waals surface area contributed by atoms with Crippen molar-refractivity contribution in [3.63, 3.8) is 0 Å². The molecule has 0 N–H and O–H groups in total. The van der Waals surface area contributed by atoms with E-state index in [-0.39, 0.29) is 51.4 Å². The molecule has 17 heavy (non-hydrogen) atoms. The van der Waals surface area contributed by atoms with Crippen LogP contribution in [-0.2, 0) is 0 Å². The van der Waals surface area contributed by atoms with Crippen LogP contribution in [0.5, 0.6) is 0 Å². The summed E-state index contributed by atoms with van der Waals surface area (Å²) >= 11 is 0. The molecule has 2 rings (SSSR count). The number of rotatable bonds is 2. The van der Waals surface area contributed by atoms with Gasteiger partial charge in [-0.3, -0.25) is 4.79 Å². The van der Waals surface area contributed by atoms with Gasteiger partial charge in [-0.05, 0) is 16.8 Å². The number of carbonyl (C=O) groups is 1. The van der Waals surface area contributed by atoms with Crippen molar-refractivity contribution < 1.29 is 69.1 Å². The summed E-state index contributed by atoms with van der Waals surface area (Å²) in [6.45, 7) is -4.97. The van der Waals surface area contributed by atoms with Crippen molar-refractivity contribution in [2.24, 2.45) is 0 Å². The van der Waals surface area contributed by atoms with E-state index in [9.17, 15) is 17.7 Å². The van der Waals surface area contributed by atoms with Crippen LogP contribution in [0.25, 0.3) is 10.8 Å². The Morgan fingerprint density at radius 3 is 2.12 bits per heavy atom. The molecule has 2 aromatic carbocycles. The van der Waals surface area contributed by atoms with Crippen molar-refractivity contribution in [1.29, 1.82) is 0 Å². The summed E-state index contributed by atoms with van der Waals surface area (Å²) < 4.78 is 37.4. The zero-order chi connectivity index (χ0) is 11.8. The fraction of sp³-hybridized carbons (Fsp3) is 0. The summed E-state index contributed by atoms with van der Waals surface area (Å²) in [5, 5.41) is 1.12. The molecule has 1 nitrogen and oxygen atoms in total. The van der Waals surface area contributed by atoms with Gasteiger partial charge in [0.05, 0.1) is 0 Å². The van der Waals surface area contributed by atoms with Crippen molar-refractivity contribution >= 4 is 29.5 Å². The molecule has 82 valence electrons. The second-order valence-electron chi connectivity index (χ2n) is 3.56. The fourth-order valence-corrected chi connectivity index (χ4v) is 1.56. The molecule has 0 aliphatic rings. The molecule has 0 fully saturated rings. The molecule has 0 radical (unpaired) electrons. The monoisotopic (exact) mass is 262 g/mol. The molecule has 0 heterocycles. The summed E-state index contributed by atoms with van der Waals surface area (Å²) in [4.78, 5) is 10.5. The Hall–Kier alpha value is -0.139. The number of hydrogen-bond donors (Lipinski definition) is 0. The van der Waals surface area contributed by atoms with E-state index in [0.29, 0.717) is 22.6 Å². The van der Waals surface area contributed by atoms with Crippen LogP contribution >= 0.6 is 0 Å². The van der Waals surface area contributed by atoms with E-state index in [1.807, 2.05) is 0 Å². The van der Waals surface area contributed by atoms with E-state index in [1.54, 1.807) is 6.07 Å². The van der Waals surface area contributed by atoms with Gasteiger partial charge in [-0.15, -0.1) is 5.46 Å². The Balaban J connectivity index is 0.00000144. The van der Waals surface area contributed by atoms with E-state index in [4.69, 9.17) is 0 Å². The van der Waals surface area contributed by atoms with Crippen LogP contribution < -0.4 is 56.8 Å². The fourth-order valence-electron chi connectivity index (χ4n) is 1.56. The van der Waals surface area contributed by atoms with Gasteiger partial charge < -0.3 is 12.9 Å². The van der Waals surface area contributed by atoms with Gasteiger partial charge in [-0.1, -0.05) is 30.3 Å². The standard InChI is InChI=1S/C11H7BF3O.K/c13-12(14,15)11-4-3-9-5-8(7-16)1-2-10(9)6-11;/h1-7H;/q-1;+1. The van der Waals surface area contributed by atoms with Crippen molar-refractivity contribution in [3.05, 3.63) is 42.0 Å². The third-order valence-electron chi connectivity index (χ3n) is 2.40. The molecule has 0 aromatic heterocycles. The molecule has 0 aliphatic carbocycles. The molecule has 6 heteroatoms. The van der Waals surface area contributed by atoms with E-state index < -0.39 is 12.4 Å². The molecule has 2 aromatic rings. The maximum Gasteiger partial charge on any atom is 1.00 e. The summed E-state index contributed by atoms with van der Waals surface area (Å²) in [7, 11) is 0. The largest absolute Gasteiger partial charge is 1.00 e. The van der Waals surface area contributed by atoms with Gasteiger partial charge in [-0.25, -0.2) is 0 Å². The van der Waals surface area contributed by atoms with Crippen LogP contribution in [0.3, 0.4) is 0 Å². The van der Waals surface area contributed by atoms with Crippen molar-refractivity contribution in [3.8, 4) is 0 Å². The third kappa shape index (κ3) is 3.42. The summed E-state index contributed by atoms with van der Waals surface area (Å²) in [5.41, 5.74) is -0.163. The van der Waals surface area contributed by atoms with Crippen molar-refractivity contribution in [2.45, 2.75) is 0 Å². The van der Waals surface area contributed by atoms with Crippen LogP contribution in [0.15, 0.2) is 36.4 Å². The Kier molecular flexibility index (Phi) is 4.97. The summed E-state index contributed by atoms with van der Waals surface area (Å²) in [6.07, 6.45) is 0.668. The first kappa shape index (κ1) is 14.9. The Morgan fingerprint density at radius 2 is 1.53 bits per heavy atom. The topological polar surface area (TPSA) is 17.1 Å². The predicted molar refractivity (Wildman–Crippen MR) is 58.0 cm³/mol. The number of hydrogen-bond acceptors (Lipinski definition) is 1. The zero-order valence-electron chi connectivity index (χ0n) is 9.16. The molecule has 0 unspecified atom stereocenters. The Morgan fingerprint density at radius 1 is 0.941 bits per heavy atom. The summed E-state index contributed by atoms with van der Waals surface area (Å²) in [6, 6.07) is 8.11. The van der Waals surface area contributed by atoms with Gasteiger partial charge in [0, 0.05) is 5.56 Å². The molecular formula is C11H7BF3KO. The number of carbonyl (C=O) groups excluding carboxylic acids is 1. The molecule has 0 amide bonds. The van der Waals surface area contributed by atoms with Crippen LogP contribution in [0.4, 0.5) is 12.9 Å². The van der Waals surface area contributed by atoms with Gasteiger partial charge in [0.25, 0.3) is 0 Å². The normalized spacial score (nSPS) is 11.0. The van der Waals surface area contributed by atoms with E-state index in [0.717, 1.165) is 12.1 Å². The molecule has 0 saturated heterocycles. The molecule has 0 spiro atoms. The van der Waals surface area contributed by atoms with E-state index >= 15 is 0 Å². The van der Waals surface area contributed by atoms with Crippen LogP contribution in [-0.4, -0.2) is 13.3 Å². The Bertz CT molecular complexity index is 554. The minimum Gasteiger partial charge on any atom is -0.445 e. The van der Waals surface area contributed by atoms with Crippen LogP contribution in [0.1, 0.15) is 10.4 Å². The Labute approximate surface area is 139 Å². The first-order valence-corrected chi connectivity index (χ1v) is 4.69. The first-order chi connectivity index (χ1) is 7.50. The number of aldehydes is 1. The third-order valence-corrected chi connectivity index (χ3v) is 2.40. The van der Waals surface area contributed by atoms with E-state index in [1.165, 1.54) is 18.2 Å². The molecule has 0 aliphatic heterocycles. The quantitative estimate of drug-likeness (QED) is 0.537. The van der Waals surface area contributed by atoms with Gasteiger partial charge in [-0.2, -0.15) is 0 Å². The van der Waals surface area contributed by atoms with Crippen molar-refractivity contribution in [2.75, 3.05) is 0 Å². The van der Waals surface area contributed by atoms with Gasteiger partial charge in [0.1, 0.15) is 6.29 Å². The molecule has 0 saturated carbocycles. The van der Waals surface area contributed by atoms with Gasteiger partial charge in [0.2, 0.25) is 0 Å². The van der Waals surface area contributed by atoms with Gasteiger partial charge >= 0.3 is 58.4 Å². The first-order valence-electron chi connectivity index (χ1n) is 4.69. The van der Waals surface area contributed by atoms with Crippen LogP contribution in [0.2, 0.25) is 0 Å². The number of benzene rings is 2. The number of fused-ring (bicyclic) bond motifs is 1.